The van der Waals surface area contributed by atoms with Gasteiger partial charge in [0, 0.05) is 25.5 Å². The fourth-order valence-electron chi connectivity index (χ4n) is 2.60. The number of amides is 1. The Labute approximate surface area is 137 Å². The minimum Gasteiger partial charge on any atom is -0.391 e. The van der Waals surface area contributed by atoms with Crippen LogP contribution in [0.1, 0.15) is 32.8 Å². The maximum absolute atomic E-state index is 11.3. The van der Waals surface area contributed by atoms with Crippen LogP contribution in [0.4, 0.5) is 0 Å². The van der Waals surface area contributed by atoms with Crippen LogP contribution in [0.15, 0.2) is 42.7 Å². The van der Waals surface area contributed by atoms with Crippen LogP contribution < -0.4 is 0 Å². The lowest BCUT2D eigenvalue weighted by molar-refractivity contribution is -0.120. The zero-order chi connectivity index (χ0) is 16.9. The summed E-state index contributed by atoms with van der Waals surface area (Å²) in [5.41, 5.74) is 2.04. The first-order valence-electron chi connectivity index (χ1n) is 7.84. The van der Waals surface area contributed by atoms with Gasteiger partial charge in [-0.3, -0.25) is 4.79 Å². The Morgan fingerprint density at radius 2 is 2.00 bits per heavy atom. The lowest BCUT2D eigenvalue weighted by atomic mass is 9.89. The van der Waals surface area contributed by atoms with Crippen LogP contribution in [0, 0.1) is 5.41 Å². The van der Waals surface area contributed by atoms with Crippen molar-refractivity contribution in [1.29, 1.82) is 0 Å². The molecule has 1 N–H and O–H groups in total. The molecule has 1 heterocycles. The third-order valence-electron chi connectivity index (χ3n) is 3.53. The van der Waals surface area contributed by atoms with E-state index in [-0.39, 0.29) is 5.41 Å². The van der Waals surface area contributed by atoms with E-state index < -0.39 is 6.10 Å². The van der Waals surface area contributed by atoms with Gasteiger partial charge in [-0.2, -0.15) is 5.10 Å². The van der Waals surface area contributed by atoms with E-state index in [4.69, 9.17) is 0 Å². The summed E-state index contributed by atoms with van der Waals surface area (Å²) in [6.07, 6.45) is 4.57. The SMILES string of the molecule is CC(C)(C)CC(O)CN(C=O)Cc1ccc(-n2cccn2)cc1. The highest BCUT2D eigenvalue weighted by Gasteiger charge is 2.18. The molecule has 0 bridgehead atoms. The normalized spacial score (nSPS) is 12.9. The lowest BCUT2D eigenvalue weighted by Gasteiger charge is -2.26. The molecule has 1 amide bonds. The molecule has 1 aromatic heterocycles. The Morgan fingerprint density at radius 1 is 1.30 bits per heavy atom. The monoisotopic (exact) mass is 315 g/mol. The Morgan fingerprint density at radius 3 is 2.52 bits per heavy atom. The summed E-state index contributed by atoms with van der Waals surface area (Å²) in [5.74, 6) is 0. The van der Waals surface area contributed by atoms with Gasteiger partial charge in [-0.05, 0) is 35.6 Å². The van der Waals surface area contributed by atoms with Crippen LogP contribution in [0.3, 0.4) is 0 Å². The summed E-state index contributed by atoms with van der Waals surface area (Å²) in [4.78, 5) is 12.9. The zero-order valence-electron chi connectivity index (χ0n) is 14.0. The molecule has 0 fully saturated rings. The number of nitrogens with zero attached hydrogens (tertiary/aromatic N) is 3. The number of aliphatic hydroxyl groups excluding tert-OH is 1. The Balaban J connectivity index is 1.95. The summed E-state index contributed by atoms with van der Waals surface area (Å²) in [6, 6.07) is 9.76. The van der Waals surface area contributed by atoms with Crippen molar-refractivity contribution in [2.24, 2.45) is 5.41 Å². The van der Waals surface area contributed by atoms with Crippen LogP contribution >= 0.6 is 0 Å². The number of aromatic nitrogens is 2. The van der Waals surface area contributed by atoms with Crippen LogP contribution in [-0.4, -0.2) is 38.8 Å². The fourth-order valence-corrected chi connectivity index (χ4v) is 2.60. The molecule has 2 rings (SSSR count). The van der Waals surface area contributed by atoms with Crippen LogP contribution in [0.2, 0.25) is 0 Å². The highest BCUT2D eigenvalue weighted by molar-refractivity contribution is 5.47. The molecule has 0 spiro atoms. The van der Waals surface area contributed by atoms with Crippen LogP contribution in [0.25, 0.3) is 5.69 Å². The number of benzene rings is 1. The quantitative estimate of drug-likeness (QED) is 0.799. The predicted molar refractivity (Wildman–Crippen MR) is 90.1 cm³/mol. The molecule has 0 aliphatic heterocycles. The van der Waals surface area contributed by atoms with Crippen molar-refractivity contribution >= 4 is 6.41 Å². The van der Waals surface area contributed by atoms with Crippen molar-refractivity contribution in [2.45, 2.75) is 39.8 Å². The summed E-state index contributed by atoms with van der Waals surface area (Å²) in [6.45, 7) is 7.08. The van der Waals surface area contributed by atoms with Gasteiger partial charge in [0.15, 0.2) is 0 Å². The third kappa shape index (κ3) is 5.53. The average Bonchev–Trinajstić information content (AvgIpc) is 2.99. The topological polar surface area (TPSA) is 58.4 Å². The summed E-state index contributed by atoms with van der Waals surface area (Å²) in [5, 5.41) is 14.3. The second-order valence-electron chi connectivity index (χ2n) is 7.07. The highest BCUT2D eigenvalue weighted by Crippen LogP contribution is 2.21. The molecular weight excluding hydrogens is 290 g/mol. The van der Waals surface area contributed by atoms with Gasteiger partial charge < -0.3 is 10.0 Å². The van der Waals surface area contributed by atoms with Crippen LogP contribution in [-0.2, 0) is 11.3 Å². The third-order valence-corrected chi connectivity index (χ3v) is 3.53. The van der Waals surface area contributed by atoms with Gasteiger partial charge in [-0.15, -0.1) is 0 Å². The second kappa shape index (κ2) is 7.42. The molecule has 23 heavy (non-hydrogen) atoms. The molecule has 0 saturated heterocycles. The van der Waals surface area contributed by atoms with Gasteiger partial charge in [-0.25, -0.2) is 4.68 Å². The van der Waals surface area contributed by atoms with Crippen molar-refractivity contribution in [1.82, 2.24) is 14.7 Å². The van der Waals surface area contributed by atoms with Crippen molar-refractivity contribution in [3.05, 3.63) is 48.3 Å². The van der Waals surface area contributed by atoms with E-state index in [1.54, 1.807) is 15.8 Å². The van der Waals surface area contributed by atoms with E-state index in [0.29, 0.717) is 19.5 Å². The molecule has 1 aromatic carbocycles. The van der Waals surface area contributed by atoms with Gasteiger partial charge >= 0.3 is 0 Å². The smallest absolute Gasteiger partial charge is 0.210 e. The summed E-state index contributed by atoms with van der Waals surface area (Å²) >= 11 is 0. The summed E-state index contributed by atoms with van der Waals surface area (Å²) < 4.78 is 1.79. The number of hydrogen-bond acceptors (Lipinski definition) is 3. The highest BCUT2D eigenvalue weighted by atomic mass is 16.3. The average molecular weight is 315 g/mol. The van der Waals surface area contributed by atoms with E-state index in [2.05, 4.69) is 25.9 Å². The van der Waals surface area contributed by atoms with E-state index >= 15 is 0 Å². The molecule has 1 atom stereocenters. The lowest BCUT2D eigenvalue weighted by Crippen LogP contribution is -2.33. The molecule has 2 aromatic rings. The number of hydrogen-bond donors (Lipinski definition) is 1. The van der Waals surface area contributed by atoms with Gasteiger partial charge in [0.1, 0.15) is 0 Å². The Hall–Kier alpha value is -2.14. The zero-order valence-corrected chi connectivity index (χ0v) is 14.0. The molecule has 5 heteroatoms. The van der Waals surface area contributed by atoms with Crippen molar-refractivity contribution in [3.63, 3.8) is 0 Å². The standard InChI is InChI=1S/C18H25N3O2/c1-18(2,3)11-17(23)13-20(14-22)12-15-5-7-16(8-6-15)21-10-4-9-19-21/h4-10,14,17,23H,11-13H2,1-3H3. The number of aliphatic hydroxyl groups is 1. The maximum atomic E-state index is 11.3. The van der Waals surface area contributed by atoms with E-state index in [9.17, 15) is 9.90 Å². The molecule has 0 saturated carbocycles. The number of rotatable bonds is 7. The molecule has 0 radical (unpaired) electrons. The van der Waals surface area contributed by atoms with Crippen molar-refractivity contribution in [3.8, 4) is 5.69 Å². The van der Waals surface area contributed by atoms with Gasteiger partial charge in [0.2, 0.25) is 6.41 Å². The second-order valence-corrected chi connectivity index (χ2v) is 7.07. The minimum absolute atomic E-state index is 0.0411. The van der Waals surface area contributed by atoms with Gasteiger partial charge in [0.25, 0.3) is 0 Å². The molecule has 0 aliphatic rings. The Bertz CT molecular complexity index is 600. The van der Waals surface area contributed by atoms with E-state index in [0.717, 1.165) is 17.7 Å². The van der Waals surface area contributed by atoms with E-state index in [1.165, 1.54) is 0 Å². The molecule has 124 valence electrons. The fraction of sp³-hybridized carbons (Fsp3) is 0.444. The van der Waals surface area contributed by atoms with E-state index in [1.807, 2.05) is 36.5 Å². The van der Waals surface area contributed by atoms with Gasteiger partial charge in [-0.1, -0.05) is 32.9 Å². The first-order valence-corrected chi connectivity index (χ1v) is 7.84. The van der Waals surface area contributed by atoms with Gasteiger partial charge in [0.05, 0.1) is 11.8 Å². The number of carbonyl (C=O) groups is 1. The van der Waals surface area contributed by atoms with Crippen molar-refractivity contribution < 1.29 is 9.90 Å². The summed E-state index contributed by atoms with van der Waals surface area (Å²) in [7, 11) is 0. The minimum atomic E-state index is -0.511. The van der Waals surface area contributed by atoms with Crippen molar-refractivity contribution in [2.75, 3.05) is 6.54 Å². The maximum Gasteiger partial charge on any atom is 0.210 e. The van der Waals surface area contributed by atoms with Crippen LogP contribution in [0.5, 0.6) is 0 Å². The predicted octanol–water partition coefficient (Wildman–Crippen LogP) is 2.63. The largest absolute Gasteiger partial charge is 0.391 e. The number of carbonyl (C=O) groups excluding carboxylic acids is 1. The molecule has 1 unspecified atom stereocenters. The molecule has 0 aliphatic carbocycles. The Kier molecular flexibility index (Phi) is 5.55. The first kappa shape index (κ1) is 17.2. The molecule has 5 nitrogen and oxygen atoms in total. The molecular formula is C18H25N3O2. The first-order chi connectivity index (χ1) is 10.9.